The van der Waals surface area contributed by atoms with E-state index < -0.39 is 23.9 Å². The van der Waals surface area contributed by atoms with Gasteiger partial charge in [0.2, 0.25) is 5.91 Å². The van der Waals surface area contributed by atoms with Crippen molar-refractivity contribution < 1.29 is 22.8 Å². The second-order valence-electron chi connectivity index (χ2n) is 3.53. The minimum absolute atomic E-state index is 0.0415. The highest BCUT2D eigenvalue weighted by molar-refractivity contribution is 5.76. The van der Waals surface area contributed by atoms with Crippen LogP contribution < -0.4 is 0 Å². The highest BCUT2D eigenvalue weighted by Gasteiger charge is 2.64. The lowest BCUT2D eigenvalue weighted by molar-refractivity contribution is -0.201. The van der Waals surface area contributed by atoms with Crippen molar-refractivity contribution in [3.8, 4) is 0 Å². The molecule has 1 fully saturated rings. The van der Waals surface area contributed by atoms with Crippen molar-refractivity contribution in [2.45, 2.75) is 25.4 Å². The molecule has 0 N–H and O–H groups in total. The van der Waals surface area contributed by atoms with E-state index in [4.69, 9.17) is 0 Å². The Kier molecular flexibility index (Phi) is 2.76. The number of carbonyl (C=O) groups is 1. The van der Waals surface area contributed by atoms with Crippen LogP contribution >= 0.6 is 0 Å². The second kappa shape index (κ2) is 3.42. The summed E-state index contributed by atoms with van der Waals surface area (Å²) in [6, 6.07) is 0. The topological polar surface area (TPSA) is 29.5 Å². The first-order valence-electron chi connectivity index (χ1n) is 4.20. The molecule has 0 saturated heterocycles. The Balaban J connectivity index is 2.57. The van der Waals surface area contributed by atoms with Crippen molar-refractivity contribution in [3.05, 3.63) is 0 Å². The highest BCUT2D eigenvalue weighted by atomic mass is 19.4. The minimum Gasteiger partial charge on any atom is -0.275 e. The van der Waals surface area contributed by atoms with Gasteiger partial charge in [-0.25, -0.2) is 5.06 Å². The number of carbonyl (C=O) groups excluding carboxylic acids is 1. The van der Waals surface area contributed by atoms with Crippen LogP contribution in [0, 0.1) is 5.41 Å². The summed E-state index contributed by atoms with van der Waals surface area (Å²) in [5.74, 6) is -0.637. The molecule has 82 valence electrons. The second-order valence-corrected chi connectivity index (χ2v) is 3.53. The van der Waals surface area contributed by atoms with Crippen LogP contribution in [0.5, 0.6) is 0 Å². The van der Waals surface area contributed by atoms with Gasteiger partial charge in [0.15, 0.2) is 0 Å². The number of alkyl halides is 3. The first kappa shape index (κ1) is 11.3. The Morgan fingerprint density at radius 1 is 1.50 bits per heavy atom. The summed E-state index contributed by atoms with van der Waals surface area (Å²) in [6.45, 7) is 0. The van der Waals surface area contributed by atoms with Crippen LogP contribution in [0.4, 0.5) is 13.2 Å². The summed E-state index contributed by atoms with van der Waals surface area (Å²) in [5, 5.41) is 0.825. The van der Waals surface area contributed by atoms with Crippen LogP contribution in [0.1, 0.15) is 19.3 Å². The van der Waals surface area contributed by atoms with Gasteiger partial charge in [0.1, 0.15) is 0 Å². The average molecular weight is 211 g/mol. The zero-order valence-electron chi connectivity index (χ0n) is 8.02. The summed E-state index contributed by atoms with van der Waals surface area (Å²) >= 11 is 0. The molecular weight excluding hydrogens is 199 g/mol. The number of hydrogen-bond acceptors (Lipinski definition) is 2. The van der Waals surface area contributed by atoms with E-state index in [2.05, 4.69) is 4.84 Å². The fourth-order valence-corrected chi connectivity index (χ4v) is 1.21. The largest absolute Gasteiger partial charge is 0.395 e. The lowest BCUT2D eigenvalue weighted by atomic mass is 10.0. The Morgan fingerprint density at radius 3 is 2.29 bits per heavy atom. The number of halogens is 3. The van der Waals surface area contributed by atoms with E-state index in [9.17, 15) is 18.0 Å². The van der Waals surface area contributed by atoms with Gasteiger partial charge in [-0.2, -0.15) is 13.2 Å². The van der Waals surface area contributed by atoms with Crippen LogP contribution in [0.2, 0.25) is 0 Å². The van der Waals surface area contributed by atoms with Crippen molar-refractivity contribution in [2.24, 2.45) is 5.41 Å². The predicted octanol–water partition coefficient (Wildman–Crippen LogP) is 1.74. The standard InChI is InChI=1S/C8H12F3NO2/c1-12(14-2)6(13)5-7(3-4-7)8(9,10)11/h3-5H2,1-2H3. The Bertz CT molecular complexity index is 235. The minimum atomic E-state index is -4.28. The van der Waals surface area contributed by atoms with E-state index in [0.29, 0.717) is 0 Å². The SMILES string of the molecule is CON(C)C(=O)CC1(C(F)(F)F)CC1. The molecule has 1 aliphatic carbocycles. The first-order chi connectivity index (χ1) is 6.32. The van der Waals surface area contributed by atoms with Gasteiger partial charge in [-0.1, -0.05) is 0 Å². The van der Waals surface area contributed by atoms with E-state index in [1.165, 1.54) is 14.2 Å². The maximum absolute atomic E-state index is 12.4. The lowest BCUT2D eigenvalue weighted by Crippen LogP contribution is -2.33. The predicted molar refractivity (Wildman–Crippen MR) is 42.1 cm³/mol. The number of rotatable bonds is 3. The van der Waals surface area contributed by atoms with Crippen LogP contribution in [0.3, 0.4) is 0 Å². The molecule has 1 aliphatic rings. The van der Waals surface area contributed by atoms with Crippen molar-refractivity contribution in [2.75, 3.05) is 14.2 Å². The molecule has 14 heavy (non-hydrogen) atoms. The van der Waals surface area contributed by atoms with E-state index in [0.717, 1.165) is 5.06 Å². The summed E-state index contributed by atoms with van der Waals surface area (Å²) in [4.78, 5) is 15.7. The van der Waals surface area contributed by atoms with Crippen LogP contribution in [0.25, 0.3) is 0 Å². The van der Waals surface area contributed by atoms with Crippen molar-refractivity contribution in [3.63, 3.8) is 0 Å². The maximum atomic E-state index is 12.4. The van der Waals surface area contributed by atoms with Gasteiger partial charge < -0.3 is 0 Å². The van der Waals surface area contributed by atoms with E-state index in [-0.39, 0.29) is 12.8 Å². The molecule has 0 aromatic carbocycles. The lowest BCUT2D eigenvalue weighted by Gasteiger charge is -2.21. The summed E-state index contributed by atoms with van der Waals surface area (Å²) in [5.41, 5.74) is -1.78. The van der Waals surface area contributed by atoms with Crippen molar-refractivity contribution in [1.29, 1.82) is 0 Å². The van der Waals surface area contributed by atoms with E-state index in [1.807, 2.05) is 0 Å². The fourth-order valence-electron chi connectivity index (χ4n) is 1.21. The van der Waals surface area contributed by atoms with Gasteiger partial charge >= 0.3 is 6.18 Å². The quantitative estimate of drug-likeness (QED) is 0.665. The maximum Gasteiger partial charge on any atom is 0.395 e. The summed E-state index contributed by atoms with van der Waals surface area (Å²) in [7, 11) is 2.54. The van der Waals surface area contributed by atoms with Gasteiger partial charge in [-0.15, -0.1) is 0 Å². The molecule has 0 heterocycles. The third-order valence-corrected chi connectivity index (χ3v) is 2.57. The Morgan fingerprint density at radius 2 is 2.00 bits per heavy atom. The van der Waals surface area contributed by atoms with Crippen molar-refractivity contribution in [1.82, 2.24) is 5.06 Å². The molecule has 0 unspecified atom stereocenters. The molecule has 0 aromatic heterocycles. The molecule has 0 spiro atoms. The zero-order chi connectivity index (χ0) is 11.0. The average Bonchev–Trinajstić information content (AvgIpc) is 2.82. The number of hydroxylamine groups is 2. The molecule has 6 heteroatoms. The Labute approximate surface area is 79.8 Å². The molecule has 0 bridgehead atoms. The summed E-state index contributed by atoms with van der Waals surface area (Å²) in [6.07, 6.45) is -4.71. The third-order valence-electron chi connectivity index (χ3n) is 2.57. The summed E-state index contributed by atoms with van der Waals surface area (Å²) < 4.78 is 37.2. The molecular formula is C8H12F3NO2. The molecule has 1 saturated carbocycles. The highest BCUT2D eigenvalue weighted by Crippen LogP contribution is 2.60. The van der Waals surface area contributed by atoms with Gasteiger partial charge in [-0.05, 0) is 12.8 Å². The fraction of sp³-hybridized carbons (Fsp3) is 0.875. The van der Waals surface area contributed by atoms with Crippen LogP contribution in [-0.4, -0.2) is 31.3 Å². The molecule has 0 radical (unpaired) electrons. The van der Waals surface area contributed by atoms with Crippen LogP contribution in [0.15, 0.2) is 0 Å². The molecule has 1 rings (SSSR count). The van der Waals surface area contributed by atoms with Gasteiger partial charge in [-0.3, -0.25) is 9.63 Å². The number of nitrogens with zero attached hydrogens (tertiary/aromatic N) is 1. The Hall–Kier alpha value is -0.780. The number of hydrogen-bond donors (Lipinski definition) is 0. The van der Waals surface area contributed by atoms with Crippen LogP contribution in [-0.2, 0) is 9.63 Å². The third kappa shape index (κ3) is 2.00. The molecule has 3 nitrogen and oxygen atoms in total. The molecule has 0 aliphatic heterocycles. The molecule has 0 aromatic rings. The molecule has 0 atom stereocenters. The van der Waals surface area contributed by atoms with Crippen molar-refractivity contribution >= 4 is 5.91 Å². The normalized spacial score (nSPS) is 19.2. The number of amides is 1. The van der Waals surface area contributed by atoms with E-state index >= 15 is 0 Å². The van der Waals surface area contributed by atoms with E-state index in [1.54, 1.807) is 0 Å². The van der Waals surface area contributed by atoms with Gasteiger partial charge in [0.05, 0.1) is 12.5 Å². The zero-order valence-corrected chi connectivity index (χ0v) is 8.02. The smallest absolute Gasteiger partial charge is 0.275 e. The van der Waals surface area contributed by atoms with Gasteiger partial charge in [0.25, 0.3) is 0 Å². The first-order valence-corrected chi connectivity index (χ1v) is 4.20. The molecule has 1 amide bonds. The van der Waals surface area contributed by atoms with Gasteiger partial charge in [0, 0.05) is 13.5 Å². The monoisotopic (exact) mass is 211 g/mol.